The standard InChI is InChI=1S/C26H26ClF6N3O2/c1-35(12-4-11-34)23(37)6-3-5-22(13-17-7-9-21(27)10-8-17)36(2)24(38)18-14-19(25(28,29)30)16-20(15-18)26(31,32)33/h7-10,14-16,22H,3-6,12-13H2,1-2H3. The van der Waals surface area contributed by atoms with E-state index >= 15 is 0 Å². The second kappa shape index (κ2) is 13.0. The lowest BCUT2D eigenvalue weighted by Gasteiger charge is -2.29. The Morgan fingerprint density at radius 1 is 0.974 bits per heavy atom. The average molecular weight is 562 g/mol. The quantitative estimate of drug-likeness (QED) is 0.307. The number of alkyl halides is 6. The highest BCUT2D eigenvalue weighted by Gasteiger charge is 2.38. The van der Waals surface area contributed by atoms with E-state index in [0.717, 1.165) is 10.5 Å². The Labute approximate surface area is 221 Å². The van der Waals surface area contributed by atoms with Gasteiger partial charge in [-0.1, -0.05) is 23.7 Å². The van der Waals surface area contributed by atoms with Gasteiger partial charge in [-0.2, -0.15) is 31.6 Å². The van der Waals surface area contributed by atoms with Crippen molar-refractivity contribution in [2.75, 3.05) is 20.6 Å². The van der Waals surface area contributed by atoms with E-state index in [1.54, 1.807) is 31.3 Å². The Kier molecular flexibility index (Phi) is 10.6. The highest BCUT2D eigenvalue weighted by atomic mass is 35.5. The molecule has 0 saturated heterocycles. The summed E-state index contributed by atoms with van der Waals surface area (Å²) in [7, 11) is 2.85. The van der Waals surface area contributed by atoms with Crippen molar-refractivity contribution in [3.05, 3.63) is 69.7 Å². The minimum atomic E-state index is -5.09. The van der Waals surface area contributed by atoms with Gasteiger partial charge in [-0.3, -0.25) is 9.59 Å². The number of benzene rings is 2. The molecule has 0 aromatic heterocycles. The molecule has 2 aromatic carbocycles. The Morgan fingerprint density at radius 3 is 2.03 bits per heavy atom. The molecule has 0 aliphatic heterocycles. The van der Waals surface area contributed by atoms with E-state index in [1.807, 2.05) is 6.07 Å². The average Bonchev–Trinajstić information content (AvgIpc) is 2.85. The van der Waals surface area contributed by atoms with Crippen molar-refractivity contribution in [1.82, 2.24) is 9.80 Å². The molecule has 0 heterocycles. The largest absolute Gasteiger partial charge is 0.416 e. The fourth-order valence-electron chi connectivity index (χ4n) is 3.80. The first-order chi connectivity index (χ1) is 17.6. The number of carbonyl (C=O) groups excluding carboxylic acids is 2. The van der Waals surface area contributed by atoms with Crippen LogP contribution in [-0.4, -0.2) is 48.3 Å². The number of nitrogens with zero attached hydrogens (tertiary/aromatic N) is 3. The Bertz CT molecular complexity index is 1130. The monoisotopic (exact) mass is 561 g/mol. The van der Waals surface area contributed by atoms with E-state index in [1.165, 1.54) is 11.9 Å². The smallest absolute Gasteiger partial charge is 0.345 e. The van der Waals surface area contributed by atoms with E-state index in [2.05, 4.69) is 0 Å². The lowest BCUT2D eigenvalue weighted by atomic mass is 9.98. The third-order valence-electron chi connectivity index (χ3n) is 6.00. The molecule has 0 fully saturated rings. The molecule has 0 aliphatic rings. The summed E-state index contributed by atoms with van der Waals surface area (Å²) in [6, 6.07) is 8.69. The molecule has 5 nitrogen and oxygen atoms in total. The van der Waals surface area contributed by atoms with Gasteiger partial charge in [0.2, 0.25) is 5.91 Å². The van der Waals surface area contributed by atoms with Crippen LogP contribution in [0.3, 0.4) is 0 Å². The van der Waals surface area contributed by atoms with E-state index in [9.17, 15) is 35.9 Å². The van der Waals surface area contributed by atoms with E-state index < -0.39 is 41.0 Å². The van der Waals surface area contributed by atoms with Crippen LogP contribution in [0.4, 0.5) is 26.3 Å². The summed E-state index contributed by atoms with van der Waals surface area (Å²) < 4.78 is 79.8. The molecule has 2 amide bonds. The van der Waals surface area contributed by atoms with Crippen LogP contribution in [0.1, 0.15) is 52.7 Å². The maximum absolute atomic E-state index is 13.3. The van der Waals surface area contributed by atoms with Crippen LogP contribution in [0.15, 0.2) is 42.5 Å². The summed E-state index contributed by atoms with van der Waals surface area (Å²) in [5, 5.41) is 9.14. The summed E-state index contributed by atoms with van der Waals surface area (Å²) in [6.45, 7) is 0.249. The highest BCUT2D eigenvalue weighted by Crippen LogP contribution is 2.36. The van der Waals surface area contributed by atoms with Crippen molar-refractivity contribution in [3.8, 4) is 6.07 Å². The number of nitriles is 1. The van der Waals surface area contributed by atoms with Gasteiger partial charge in [0.25, 0.3) is 5.91 Å². The normalized spacial score (nSPS) is 12.5. The molecule has 12 heteroatoms. The molecule has 0 bridgehead atoms. The third-order valence-corrected chi connectivity index (χ3v) is 6.25. The molecule has 2 rings (SSSR count). The molecule has 0 N–H and O–H groups in total. The van der Waals surface area contributed by atoms with Crippen LogP contribution in [-0.2, 0) is 23.6 Å². The van der Waals surface area contributed by atoms with Gasteiger partial charge in [-0.25, -0.2) is 0 Å². The number of halogens is 7. The van der Waals surface area contributed by atoms with Gasteiger partial charge in [-0.05, 0) is 55.2 Å². The summed E-state index contributed by atoms with van der Waals surface area (Å²) in [6.07, 6.45) is -9.16. The fourth-order valence-corrected chi connectivity index (χ4v) is 3.92. The topological polar surface area (TPSA) is 64.4 Å². The third kappa shape index (κ3) is 8.94. The van der Waals surface area contributed by atoms with Crippen molar-refractivity contribution >= 4 is 23.4 Å². The molecule has 0 radical (unpaired) electrons. The molecule has 1 unspecified atom stereocenters. The molecular weight excluding hydrogens is 536 g/mol. The predicted octanol–water partition coefficient (Wildman–Crippen LogP) is 6.60. The van der Waals surface area contributed by atoms with Crippen molar-refractivity contribution in [2.45, 2.75) is 50.5 Å². The Balaban J connectivity index is 2.32. The van der Waals surface area contributed by atoms with Crippen molar-refractivity contribution in [2.24, 2.45) is 0 Å². The van der Waals surface area contributed by atoms with E-state index in [4.69, 9.17) is 16.9 Å². The number of hydrogen-bond donors (Lipinski definition) is 0. The van der Waals surface area contributed by atoms with Crippen LogP contribution in [0.2, 0.25) is 5.02 Å². The van der Waals surface area contributed by atoms with Gasteiger partial charge in [0, 0.05) is 43.7 Å². The molecular formula is C26H26ClF6N3O2. The maximum atomic E-state index is 13.3. The molecule has 206 valence electrons. The summed E-state index contributed by atoms with van der Waals surface area (Å²) in [5.74, 6) is -1.25. The van der Waals surface area contributed by atoms with Crippen LogP contribution in [0.5, 0.6) is 0 Å². The van der Waals surface area contributed by atoms with E-state index in [-0.39, 0.29) is 44.2 Å². The highest BCUT2D eigenvalue weighted by molar-refractivity contribution is 6.30. The van der Waals surface area contributed by atoms with Gasteiger partial charge < -0.3 is 9.80 Å². The number of rotatable bonds is 10. The van der Waals surface area contributed by atoms with Crippen molar-refractivity contribution in [3.63, 3.8) is 0 Å². The first-order valence-corrected chi connectivity index (χ1v) is 11.9. The lowest BCUT2D eigenvalue weighted by molar-refractivity contribution is -0.143. The lowest BCUT2D eigenvalue weighted by Crippen LogP contribution is -2.39. The van der Waals surface area contributed by atoms with Crippen molar-refractivity contribution < 1.29 is 35.9 Å². The van der Waals surface area contributed by atoms with Crippen LogP contribution in [0, 0.1) is 11.3 Å². The second-order valence-corrected chi connectivity index (χ2v) is 9.25. The van der Waals surface area contributed by atoms with Gasteiger partial charge in [0.15, 0.2) is 0 Å². The minimum absolute atomic E-state index is 0.0314. The van der Waals surface area contributed by atoms with E-state index in [0.29, 0.717) is 23.6 Å². The van der Waals surface area contributed by atoms with Gasteiger partial charge in [0.1, 0.15) is 0 Å². The molecule has 0 aliphatic carbocycles. The number of carbonyl (C=O) groups is 2. The zero-order chi connectivity index (χ0) is 28.7. The Hall–Kier alpha value is -3.26. The van der Waals surface area contributed by atoms with Gasteiger partial charge >= 0.3 is 12.4 Å². The first kappa shape index (κ1) is 31.0. The van der Waals surface area contributed by atoms with Crippen LogP contribution >= 0.6 is 11.6 Å². The molecule has 1 atom stereocenters. The second-order valence-electron chi connectivity index (χ2n) is 8.81. The number of hydrogen-bond acceptors (Lipinski definition) is 3. The van der Waals surface area contributed by atoms with Crippen LogP contribution in [0.25, 0.3) is 0 Å². The SMILES string of the molecule is CN(CCC#N)C(=O)CCCC(Cc1ccc(Cl)cc1)N(C)C(=O)c1cc(C(F)(F)F)cc(C(F)(F)F)c1. The number of likely N-dealkylation sites (N-methyl/N-ethyl adjacent to an activating group) is 1. The zero-order valence-electron chi connectivity index (χ0n) is 20.7. The summed E-state index contributed by atoms with van der Waals surface area (Å²) >= 11 is 5.92. The summed E-state index contributed by atoms with van der Waals surface area (Å²) in [4.78, 5) is 28.0. The first-order valence-electron chi connectivity index (χ1n) is 11.6. The predicted molar refractivity (Wildman–Crippen MR) is 129 cm³/mol. The number of amides is 2. The molecule has 0 saturated carbocycles. The maximum Gasteiger partial charge on any atom is 0.416 e. The fraction of sp³-hybridized carbons (Fsp3) is 0.423. The van der Waals surface area contributed by atoms with Gasteiger partial charge in [0.05, 0.1) is 23.6 Å². The Morgan fingerprint density at radius 2 is 1.53 bits per heavy atom. The summed E-state index contributed by atoms with van der Waals surface area (Å²) in [5.41, 5.74) is -3.17. The molecule has 2 aromatic rings. The van der Waals surface area contributed by atoms with Gasteiger partial charge in [-0.15, -0.1) is 0 Å². The van der Waals surface area contributed by atoms with Crippen molar-refractivity contribution in [1.29, 1.82) is 5.26 Å². The van der Waals surface area contributed by atoms with Crippen LogP contribution < -0.4 is 0 Å². The molecule has 38 heavy (non-hydrogen) atoms. The molecule has 0 spiro atoms. The zero-order valence-corrected chi connectivity index (χ0v) is 21.4. The minimum Gasteiger partial charge on any atom is -0.345 e.